The lowest BCUT2D eigenvalue weighted by molar-refractivity contribution is -0.115. The lowest BCUT2D eigenvalue weighted by Crippen LogP contribution is -2.33. The smallest absolute Gasteiger partial charge is 0.269 e. The van der Waals surface area contributed by atoms with E-state index in [0.29, 0.717) is 44.4 Å². The van der Waals surface area contributed by atoms with Crippen molar-refractivity contribution in [2.75, 3.05) is 13.1 Å². The van der Waals surface area contributed by atoms with Gasteiger partial charge in [0.1, 0.15) is 22.9 Å². The highest BCUT2D eigenvalue weighted by molar-refractivity contribution is 9.11. The standard InChI is InChI=1S/C34H29Br3N4O8/c35-22-11-18-2-5-28(22)48-30-16-19(1-4-27(30)42)8-10-39-34(45)26(41-47)15-21-13-24(37)32(43)31(17-21)49-29-6-3-20(12-23(29)36)14-25(40-46)33(44)38-9-7-18/h1-6,11-13,16-17,42-43,46-47H,7-10,14-15H2,(H,38,44)(H,39,45)/b40-25-,41-26-. The fourth-order valence-corrected chi connectivity index (χ4v) is 6.42. The Labute approximate surface area is 305 Å². The number of carbonyl (C=O) groups is 2. The maximum Gasteiger partial charge on any atom is 0.269 e. The van der Waals surface area contributed by atoms with Gasteiger partial charge in [-0.1, -0.05) is 28.5 Å². The third-order valence-corrected chi connectivity index (χ3v) is 9.30. The molecule has 254 valence electrons. The maximum atomic E-state index is 13.0. The van der Waals surface area contributed by atoms with Gasteiger partial charge in [-0.3, -0.25) is 9.59 Å². The number of aromatic hydroxyl groups is 2. The molecule has 4 aromatic carbocycles. The molecule has 3 aliphatic heterocycles. The molecule has 0 spiro atoms. The number of phenolic OH excluding ortho intramolecular Hbond substituents is 2. The number of fused-ring (bicyclic) bond motifs is 2. The van der Waals surface area contributed by atoms with Gasteiger partial charge in [-0.2, -0.15) is 0 Å². The Hall–Kier alpha value is -4.60. The van der Waals surface area contributed by atoms with Gasteiger partial charge in [0.05, 0.1) is 13.4 Å². The maximum absolute atomic E-state index is 13.0. The van der Waals surface area contributed by atoms with E-state index in [-0.39, 0.29) is 64.8 Å². The zero-order valence-electron chi connectivity index (χ0n) is 25.5. The van der Waals surface area contributed by atoms with Crippen LogP contribution in [0.25, 0.3) is 0 Å². The molecule has 0 saturated heterocycles. The molecule has 3 aliphatic rings. The van der Waals surface area contributed by atoms with Gasteiger partial charge in [0.15, 0.2) is 23.0 Å². The Morgan fingerprint density at radius 3 is 1.63 bits per heavy atom. The summed E-state index contributed by atoms with van der Waals surface area (Å²) in [7, 11) is 0. The van der Waals surface area contributed by atoms with Crippen molar-refractivity contribution in [3.63, 3.8) is 0 Å². The predicted octanol–water partition coefficient (Wildman–Crippen LogP) is 6.75. The van der Waals surface area contributed by atoms with E-state index in [0.717, 1.165) is 11.1 Å². The van der Waals surface area contributed by atoms with Gasteiger partial charge < -0.3 is 40.7 Å². The highest BCUT2D eigenvalue weighted by atomic mass is 79.9. The molecular weight excluding hydrogens is 832 g/mol. The van der Waals surface area contributed by atoms with Crippen LogP contribution in [0, 0.1) is 0 Å². The number of carbonyl (C=O) groups excluding carboxylic acids is 2. The van der Waals surface area contributed by atoms with Crippen LogP contribution in [0.3, 0.4) is 0 Å². The van der Waals surface area contributed by atoms with Gasteiger partial charge in [-0.15, -0.1) is 0 Å². The molecule has 49 heavy (non-hydrogen) atoms. The number of ether oxygens (including phenoxy) is 2. The fraction of sp³-hybridized carbons (Fsp3) is 0.176. The second-order valence-corrected chi connectivity index (χ2v) is 13.5. The number of phenols is 2. The van der Waals surface area contributed by atoms with Crippen LogP contribution < -0.4 is 20.1 Å². The number of benzene rings is 4. The third kappa shape index (κ3) is 9.10. The molecule has 0 fully saturated rings. The van der Waals surface area contributed by atoms with E-state index in [1.165, 1.54) is 12.1 Å². The number of halogens is 3. The first-order valence-electron chi connectivity index (χ1n) is 14.8. The zero-order valence-corrected chi connectivity index (χ0v) is 30.3. The van der Waals surface area contributed by atoms with Crippen LogP contribution in [0.4, 0.5) is 0 Å². The average molecular weight is 861 g/mol. The summed E-state index contributed by atoms with van der Waals surface area (Å²) in [6.45, 7) is 0.463. The van der Waals surface area contributed by atoms with E-state index in [4.69, 9.17) is 9.47 Å². The molecule has 0 atom stereocenters. The Morgan fingerprint density at radius 2 is 1.04 bits per heavy atom. The topological polar surface area (TPSA) is 182 Å². The van der Waals surface area contributed by atoms with Crippen molar-refractivity contribution in [3.05, 3.63) is 102 Å². The summed E-state index contributed by atoms with van der Waals surface area (Å²) in [4.78, 5) is 25.8. The molecule has 7 rings (SSSR count). The summed E-state index contributed by atoms with van der Waals surface area (Å²) in [6.07, 6.45) is 0.782. The van der Waals surface area contributed by atoms with Gasteiger partial charge in [0.2, 0.25) is 0 Å². The molecule has 6 N–H and O–H groups in total. The molecule has 2 amide bonds. The molecule has 4 aromatic rings. The minimum atomic E-state index is -0.598. The summed E-state index contributed by atoms with van der Waals surface area (Å²) in [6, 6.07) is 18.3. The molecule has 0 aliphatic carbocycles. The van der Waals surface area contributed by atoms with Gasteiger partial charge in [0, 0.05) is 25.9 Å². The number of amides is 2. The minimum Gasteiger partial charge on any atom is -0.504 e. The van der Waals surface area contributed by atoms with Crippen molar-refractivity contribution in [2.24, 2.45) is 10.3 Å². The van der Waals surface area contributed by atoms with Crippen LogP contribution >= 0.6 is 47.8 Å². The Balaban J connectivity index is 1.44. The van der Waals surface area contributed by atoms with Crippen LogP contribution in [0.1, 0.15) is 22.3 Å². The van der Waals surface area contributed by atoms with Gasteiger partial charge >= 0.3 is 0 Å². The quantitative estimate of drug-likeness (QED) is 0.0830. The van der Waals surface area contributed by atoms with Gasteiger partial charge in [0.25, 0.3) is 11.8 Å². The molecule has 0 saturated carbocycles. The normalized spacial score (nSPS) is 16.3. The van der Waals surface area contributed by atoms with Crippen LogP contribution in [0.2, 0.25) is 0 Å². The third-order valence-electron chi connectivity index (χ3n) is 7.45. The first kappa shape index (κ1) is 35.7. The minimum absolute atomic E-state index is 0.0183. The SMILES string of the molecule is O=C1NCCc2ccc(c(Br)c2)Oc2cc(ccc2O)CCNC(=O)/C(=N\O)Cc2cc(Br)c(O)c(c2)Oc2ccc(cc2Br)C/C1=N/O. The average Bonchev–Trinajstić information content (AvgIpc) is 3.07. The lowest BCUT2D eigenvalue weighted by Gasteiger charge is -2.14. The monoisotopic (exact) mass is 858 g/mol. The van der Waals surface area contributed by atoms with E-state index in [1.807, 2.05) is 12.1 Å². The highest BCUT2D eigenvalue weighted by Gasteiger charge is 2.19. The summed E-state index contributed by atoms with van der Waals surface area (Å²) < 4.78 is 13.4. The summed E-state index contributed by atoms with van der Waals surface area (Å²) in [5.41, 5.74) is 2.52. The molecule has 15 heteroatoms. The molecule has 0 radical (unpaired) electrons. The number of hydrogen-bond acceptors (Lipinski definition) is 10. The van der Waals surface area contributed by atoms with Crippen molar-refractivity contribution in [1.29, 1.82) is 0 Å². The molecule has 8 bridgehead atoms. The molecule has 0 unspecified atom stereocenters. The van der Waals surface area contributed by atoms with Gasteiger partial charge in [-0.05, 0) is 131 Å². The highest BCUT2D eigenvalue weighted by Crippen LogP contribution is 2.40. The van der Waals surface area contributed by atoms with E-state index in [1.54, 1.807) is 42.5 Å². The molecule has 3 heterocycles. The number of nitrogens with zero attached hydrogens (tertiary/aromatic N) is 2. The lowest BCUT2D eigenvalue weighted by atomic mass is 10.1. The van der Waals surface area contributed by atoms with Crippen molar-refractivity contribution in [1.82, 2.24) is 10.6 Å². The van der Waals surface area contributed by atoms with Crippen molar-refractivity contribution < 1.29 is 39.7 Å². The second-order valence-electron chi connectivity index (χ2n) is 10.9. The Morgan fingerprint density at radius 1 is 0.571 bits per heavy atom. The molecular formula is C34H29Br3N4O8. The van der Waals surface area contributed by atoms with Crippen molar-refractivity contribution in [3.8, 4) is 34.5 Å². The van der Waals surface area contributed by atoms with Crippen LogP contribution in [0.15, 0.2) is 90.5 Å². The summed E-state index contributed by atoms with van der Waals surface area (Å²) >= 11 is 10.3. The fourth-order valence-electron chi connectivity index (χ4n) is 4.91. The van der Waals surface area contributed by atoms with Crippen LogP contribution in [-0.4, -0.2) is 57.0 Å². The molecule has 0 aromatic heterocycles. The van der Waals surface area contributed by atoms with E-state index in [9.17, 15) is 30.2 Å². The Bertz CT molecular complexity index is 1970. The number of oxime groups is 2. The largest absolute Gasteiger partial charge is 0.504 e. The second kappa shape index (κ2) is 16.2. The predicted molar refractivity (Wildman–Crippen MR) is 192 cm³/mol. The summed E-state index contributed by atoms with van der Waals surface area (Å²) in [5.74, 6) is -0.349. The van der Waals surface area contributed by atoms with E-state index < -0.39 is 11.8 Å². The van der Waals surface area contributed by atoms with E-state index >= 15 is 0 Å². The van der Waals surface area contributed by atoms with Crippen LogP contribution in [0.5, 0.6) is 34.5 Å². The van der Waals surface area contributed by atoms with Gasteiger partial charge in [-0.25, -0.2) is 0 Å². The van der Waals surface area contributed by atoms with Crippen molar-refractivity contribution in [2.45, 2.75) is 25.7 Å². The first-order valence-corrected chi connectivity index (χ1v) is 17.2. The molecule has 12 nitrogen and oxygen atoms in total. The summed E-state index contributed by atoms with van der Waals surface area (Å²) in [5, 5.41) is 52.4. The first-order chi connectivity index (χ1) is 23.5. The van der Waals surface area contributed by atoms with Crippen LogP contribution in [-0.2, 0) is 35.3 Å². The number of nitrogens with one attached hydrogen (secondary N) is 2. The zero-order chi connectivity index (χ0) is 35.1. The van der Waals surface area contributed by atoms with E-state index in [2.05, 4.69) is 68.7 Å². The number of rotatable bonds is 0. The number of hydrogen-bond donors (Lipinski definition) is 6. The Kier molecular flexibility index (Phi) is 11.8. The van der Waals surface area contributed by atoms with Crippen molar-refractivity contribution >= 4 is 71.0 Å².